The van der Waals surface area contributed by atoms with Gasteiger partial charge >= 0.3 is 0 Å². The number of rotatable bonds is 6. The first-order valence-corrected chi connectivity index (χ1v) is 10.1. The van der Waals surface area contributed by atoms with Gasteiger partial charge in [0.25, 0.3) is 0 Å². The third-order valence-electron chi connectivity index (χ3n) is 5.69. The van der Waals surface area contributed by atoms with Gasteiger partial charge < -0.3 is 9.64 Å². The van der Waals surface area contributed by atoms with E-state index in [0.717, 1.165) is 58.0 Å². The quantitative estimate of drug-likeness (QED) is 0.778. The summed E-state index contributed by atoms with van der Waals surface area (Å²) in [5.74, 6) is 1.43. The molecule has 2 aliphatic rings. The fourth-order valence-corrected chi connectivity index (χ4v) is 4.31. The molecule has 0 bridgehead atoms. The Hall–Kier alpha value is -1.99. The third kappa shape index (κ3) is 4.14. The van der Waals surface area contributed by atoms with Crippen LogP contribution in [0.15, 0.2) is 30.3 Å². The van der Waals surface area contributed by atoms with Crippen molar-refractivity contribution in [3.63, 3.8) is 0 Å². The first-order valence-electron chi connectivity index (χ1n) is 10.1. The monoisotopic (exact) mass is 370 g/mol. The maximum Gasteiger partial charge on any atom is 0.168 e. The SMILES string of the molecule is CC(C)[C@@H](c1nnnn1C[C@@H]1CCCO1)N1CCN(c2ccccc2)CC1. The highest BCUT2D eigenvalue weighted by molar-refractivity contribution is 5.46. The number of tetrazole rings is 1. The van der Waals surface area contributed by atoms with Crippen LogP contribution < -0.4 is 4.90 Å². The third-order valence-corrected chi connectivity index (χ3v) is 5.69. The van der Waals surface area contributed by atoms with Gasteiger partial charge in [0.1, 0.15) is 0 Å². The lowest BCUT2D eigenvalue weighted by Gasteiger charge is -2.41. The lowest BCUT2D eigenvalue weighted by Crippen LogP contribution is -2.49. The van der Waals surface area contributed by atoms with Crippen molar-refractivity contribution in [3.8, 4) is 0 Å². The Morgan fingerprint density at radius 2 is 1.89 bits per heavy atom. The van der Waals surface area contributed by atoms with Gasteiger partial charge in [-0.05, 0) is 41.3 Å². The van der Waals surface area contributed by atoms with Crippen LogP contribution in [0.4, 0.5) is 5.69 Å². The van der Waals surface area contributed by atoms with Crippen molar-refractivity contribution in [1.29, 1.82) is 0 Å². The minimum absolute atomic E-state index is 0.235. The predicted octanol–water partition coefficient (Wildman–Crippen LogP) is 2.37. The van der Waals surface area contributed by atoms with Crippen LogP contribution in [0.3, 0.4) is 0 Å². The van der Waals surface area contributed by atoms with Crippen LogP contribution in [0.25, 0.3) is 0 Å². The molecule has 3 heterocycles. The summed E-state index contributed by atoms with van der Waals surface area (Å²) in [6.07, 6.45) is 2.48. The lowest BCUT2D eigenvalue weighted by molar-refractivity contribution is 0.0865. The highest BCUT2D eigenvalue weighted by atomic mass is 16.5. The number of hydrogen-bond donors (Lipinski definition) is 0. The first-order chi connectivity index (χ1) is 13.2. The van der Waals surface area contributed by atoms with E-state index in [0.29, 0.717) is 5.92 Å². The summed E-state index contributed by atoms with van der Waals surface area (Å²) in [4.78, 5) is 5.00. The average molecular weight is 371 g/mol. The fourth-order valence-electron chi connectivity index (χ4n) is 4.31. The zero-order valence-corrected chi connectivity index (χ0v) is 16.4. The van der Waals surface area contributed by atoms with Crippen LogP contribution in [0, 0.1) is 5.92 Å². The molecule has 0 unspecified atom stereocenters. The topological polar surface area (TPSA) is 59.3 Å². The van der Waals surface area contributed by atoms with Crippen LogP contribution in [0.5, 0.6) is 0 Å². The molecule has 0 aliphatic carbocycles. The van der Waals surface area contributed by atoms with E-state index in [1.54, 1.807) is 0 Å². The molecule has 0 amide bonds. The van der Waals surface area contributed by atoms with Gasteiger partial charge in [-0.25, -0.2) is 4.68 Å². The Labute approximate surface area is 161 Å². The first kappa shape index (κ1) is 18.4. The Kier molecular flexibility index (Phi) is 5.69. The molecule has 27 heavy (non-hydrogen) atoms. The molecule has 7 nitrogen and oxygen atoms in total. The van der Waals surface area contributed by atoms with Crippen LogP contribution in [0.1, 0.15) is 38.6 Å². The van der Waals surface area contributed by atoms with E-state index in [4.69, 9.17) is 4.74 Å². The minimum atomic E-state index is 0.235. The Morgan fingerprint density at radius 3 is 2.56 bits per heavy atom. The highest BCUT2D eigenvalue weighted by Crippen LogP contribution is 2.29. The van der Waals surface area contributed by atoms with Gasteiger partial charge in [-0.15, -0.1) is 5.10 Å². The second kappa shape index (κ2) is 8.35. The van der Waals surface area contributed by atoms with Crippen molar-refractivity contribution in [3.05, 3.63) is 36.2 Å². The molecule has 1 aromatic carbocycles. The summed E-state index contributed by atoms with van der Waals surface area (Å²) in [5.41, 5.74) is 1.31. The molecule has 0 spiro atoms. The number of aromatic nitrogens is 4. The summed E-state index contributed by atoms with van der Waals surface area (Å²) in [7, 11) is 0. The molecule has 7 heteroatoms. The Bertz CT molecular complexity index is 704. The van der Waals surface area contributed by atoms with Crippen LogP contribution >= 0.6 is 0 Å². The van der Waals surface area contributed by atoms with Gasteiger partial charge in [0.2, 0.25) is 0 Å². The molecule has 0 N–H and O–H groups in total. The van der Waals surface area contributed by atoms with E-state index in [1.165, 1.54) is 5.69 Å². The summed E-state index contributed by atoms with van der Waals surface area (Å²) in [6, 6.07) is 10.9. The minimum Gasteiger partial charge on any atom is -0.376 e. The fraction of sp³-hybridized carbons (Fsp3) is 0.650. The van der Waals surface area contributed by atoms with E-state index < -0.39 is 0 Å². The lowest BCUT2D eigenvalue weighted by atomic mass is 10.0. The molecular weight excluding hydrogens is 340 g/mol. The van der Waals surface area contributed by atoms with E-state index in [-0.39, 0.29) is 12.1 Å². The smallest absolute Gasteiger partial charge is 0.168 e. The summed E-state index contributed by atoms with van der Waals surface area (Å²) in [6.45, 7) is 10.2. The van der Waals surface area contributed by atoms with Gasteiger partial charge in [0, 0.05) is 38.5 Å². The highest BCUT2D eigenvalue weighted by Gasteiger charge is 2.32. The maximum absolute atomic E-state index is 5.79. The number of para-hydroxylation sites is 1. The molecule has 2 atom stereocenters. The van der Waals surface area contributed by atoms with Crippen LogP contribution in [-0.2, 0) is 11.3 Å². The second-order valence-corrected chi connectivity index (χ2v) is 7.90. The zero-order valence-electron chi connectivity index (χ0n) is 16.4. The molecular formula is C20H30N6O. The molecule has 2 aliphatic heterocycles. The molecule has 1 aromatic heterocycles. The summed E-state index contributed by atoms with van der Waals surface area (Å²) < 4.78 is 7.77. The number of nitrogens with zero attached hydrogens (tertiary/aromatic N) is 6. The van der Waals surface area contributed by atoms with E-state index in [9.17, 15) is 0 Å². The van der Waals surface area contributed by atoms with Crippen molar-refractivity contribution in [1.82, 2.24) is 25.1 Å². The largest absolute Gasteiger partial charge is 0.376 e. The second-order valence-electron chi connectivity index (χ2n) is 7.90. The number of anilines is 1. The molecule has 146 valence electrons. The maximum atomic E-state index is 5.79. The van der Waals surface area contributed by atoms with E-state index >= 15 is 0 Å². The summed E-state index contributed by atoms with van der Waals surface area (Å²) >= 11 is 0. The van der Waals surface area contributed by atoms with Crippen molar-refractivity contribution >= 4 is 5.69 Å². The van der Waals surface area contributed by atoms with Gasteiger partial charge in [0.05, 0.1) is 18.7 Å². The molecule has 0 saturated carbocycles. The van der Waals surface area contributed by atoms with Crippen LogP contribution in [-0.4, -0.2) is 64.0 Å². The average Bonchev–Trinajstić information content (AvgIpc) is 3.36. The van der Waals surface area contributed by atoms with E-state index in [2.05, 4.69) is 69.5 Å². The van der Waals surface area contributed by atoms with Crippen molar-refractivity contribution in [2.24, 2.45) is 5.92 Å². The van der Waals surface area contributed by atoms with Gasteiger partial charge in [-0.2, -0.15) is 0 Å². The summed E-state index contributed by atoms with van der Waals surface area (Å²) in [5, 5.41) is 12.7. The molecule has 4 rings (SSSR count). The zero-order chi connectivity index (χ0) is 18.6. The Balaban J connectivity index is 1.45. The number of ether oxygens (including phenoxy) is 1. The standard InChI is InChI=1S/C20H30N6O/c1-16(2)19(20-21-22-23-26(20)15-18-9-6-14-27-18)25-12-10-24(11-13-25)17-7-4-3-5-8-17/h3-5,7-8,16,18-19H,6,9-15H2,1-2H3/t18-,19-/m0/s1. The molecule has 0 radical (unpaired) electrons. The number of hydrogen-bond acceptors (Lipinski definition) is 6. The van der Waals surface area contributed by atoms with Crippen molar-refractivity contribution in [2.45, 2.75) is 45.4 Å². The van der Waals surface area contributed by atoms with E-state index in [1.807, 2.05) is 4.68 Å². The van der Waals surface area contributed by atoms with Gasteiger partial charge in [-0.3, -0.25) is 4.90 Å². The van der Waals surface area contributed by atoms with Crippen molar-refractivity contribution < 1.29 is 4.74 Å². The molecule has 2 aromatic rings. The predicted molar refractivity (Wildman–Crippen MR) is 105 cm³/mol. The normalized spacial score (nSPS) is 22.5. The molecule has 2 saturated heterocycles. The van der Waals surface area contributed by atoms with Crippen LogP contribution in [0.2, 0.25) is 0 Å². The molecule has 2 fully saturated rings. The van der Waals surface area contributed by atoms with Gasteiger partial charge in [-0.1, -0.05) is 32.0 Å². The number of piperazine rings is 1. The van der Waals surface area contributed by atoms with Gasteiger partial charge in [0.15, 0.2) is 5.82 Å². The van der Waals surface area contributed by atoms with Crippen molar-refractivity contribution in [2.75, 3.05) is 37.7 Å². The number of benzene rings is 1. The Morgan fingerprint density at radius 1 is 1.11 bits per heavy atom.